The van der Waals surface area contributed by atoms with E-state index in [1.807, 2.05) is 0 Å². The van der Waals surface area contributed by atoms with E-state index in [0.717, 1.165) is 16.6 Å². The fourth-order valence-electron chi connectivity index (χ4n) is 4.84. The number of hydrogen-bond acceptors (Lipinski definition) is 5. The van der Waals surface area contributed by atoms with Crippen LogP contribution in [0.15, 0.2) is 48.0 Å². The molecule has 2 aliphatic rings. The second-order valence-corrected chi connectivity index (χ2v) is 10.1. The van der Waals surface area contributed by atoms with E-state index in [0.29, 0.717) is 30.0 Å². The van der Waals surface area contributed by atoms with Crippen molar-refractivity contribution in [2.24, 2.45) is 5.92 Å². The Hall–Kier alpha value is -3.11. The van der Waals surface area contributed by atoms with Crippen molar-refractivity contribution >= 4 is 34.8 Å². The highest BCUT2D eigenvalue weighted by Gasteiger charge is 2.51. The molecule has 0 radical (unpaired) electrons. The van der Waals surface area contributed by atoms with Gasteiger partial charge in [0.05, 0.1) is 27.7 Å². The summed E-state index contributed by atoms with van der Waals surface area (Å²) in [6, 6.07) is 9.47. The number of aromatic nitrogens is 1. The van der Waals surface area contributed by atoms with Crippen molar-refractivity contribution in [2.45, 2.75) is 31.0 Å². The summed E-state index contributed by atoms with van der Waals surface area (Å²) in [6.45, 7) is -0.265. The van der Waals surface area contributed by atoms with Gasteiger partial charge in [-0.15, -0.1) is 11.3 Å². The van der Waals surface area contributed by atoms with Crippen molar-refractivity contribution in [3.8, 4) is 5.75 Å². The number of carbonyl (C=O) groups is 2. The maximum atomic E-state index is 13.7. The molecule has 1 amide bonds. The minimum absolute atomic E-state index is 0.128. The number of alkyl halides is 3. The lowest BCUT2D eigenvalue weighted by atomic mass is 9.95. The summed E-state index contributed by atoms with van der Waals surface area (Å²) in [6.07, 6.45) is -3.68. The van der Waals surface area contributed by atoms with Crippen LogP contribution in [0.4, 0.5) is 13.2 Å². The number of halogens is 4. The van der Waals surface area contributed by atoms with E-state index < -0.39 is 42.2 Å². The third-order valence-corrected chi connectivity index (χ3v) is 7.65. The second-order valence-electron chi connectivity index (χ2n) is 8.75. The Balaban J connectivity index is 1.49. The number of carbonyl (C=O) groups excluding carboxylic acids is 1. The summed E-state index contributed by atoms with van der Waals surface area (Å²) in [5.41, 5.74) is 2.41. The van der Waals surface area contributed by atoms with Crippen molar-refractivity contribution in [1.29, 1.82) is 0 Å². The lowest BCUT2D eigenvalue weighted by molar-refractivity contribution is -0.139. The van der Waals surface area contributed by atoms with Gasteiger partial charge in [-0.1, -0.05) is 29.8 Å². The summed E-state index contributed by atoms with van der Waals surface area (Å²) in [5, 5.41) is 9.47. The van der Waals surface area contributed by atoms with E-state index in [9.17, 15) is 22.8 Å². The van der Waals surface area contributed by atoms with Gasteiger partial charge in [0.25, 0.3) is 0 Å². The molecular formula is C25H20ClF3N2O4S. The van der Waals surface area contributed by atoms with Gasteiger partial charge in [-0.3, -0.25) is 4.79 Å². The van der Waals surface area contributed by atoms with E-state index in [1.165, 1.54) is 23.5 Å². The average molecular weight is 537 g/mol. The van der Waals surface area contributed by atoms with Crippen molar-refractivity contribution in [2.75, 3.05) is 13.2 Å². The Morgan fingerprint density at radius 1 is 1.19 bits per heavy atom. The third-order valence-electron chi connectivity index (χ3n) is 6.50. The molecule has 1 saturated carbocycles. The zero-order valence-electron chi connectivity index (χ0n) is 18.7. The zero-order valence-corrected chi connectivity index (χ0v) is 20.2. The molecule has 3 atom stereocenters. The van der Waals surface area contributed by atoms with Crippen LogP contribution in [-0.4, -0.2) is 40.0 Å². The van der Waals surface area contributed by atoms with E-state index >= 15 is 0 Å². The van der Waals surface area contributed by atoms with E-state index in [1.54, 1.807) is 34.7 Å². The monoisotopic (exact) mass is 536 g/mol. The number of carboxylic acid groups (broad SMARTS) is 1. The van der Waals surface area contributed by atoms with Gasteiger partial charge in [-0.25, -0.2) is 9.78 Å². The highest BCUT2D eigenvalue weighted by atomic mass is 35.5. The number of hydrogen-bond donors (Lipinski definition) is 1. The maximum absolute atomic E-state index is 13.7. The number of thiazole rings is 1. The Morgan fingerprint density at radius 2 is 1.97 bits per heavy atom. The Kier molecular flexibility index (Phi) is 6.42. The maximum Gasteiger partial charge on any atom is 0.416 e. The summed E-state index contributed by atoms with van der Waals surface area (Å²) in [5.74, 6) is -2.27. The van der Waals surface area contributed by atoms with Gasteiger partial charge in [0.15, 0.2) is 6.61 Å². The smallest absolute Gasteiger partial charge is 0.416 e. The first-order chi connectivity index (χ1) is 17.1. The van der Waals surface area contributed by atoms with Gasteiger partial charge < -0.3 is 14.7 Å². The highest BCUT2D eigenvalue weighted by molar-refractivity contribution is 7.09. The highest BCUT2D eigenvalue weighted by Crippen LogP contribution is 2.53. The Bertz CT molecular complexity index is 1330. The molecule has 1 aromatic heterocycles. The quantitative estimate of drug-likeness (QED) is 0.446. The van der Waals surface area contributed by atoms with Gasteiger partial charge in [-0.2, -0.15) is 13.2 Å². The standard InChI is InChI=1S/C25H20ClF3N2O4S/c26-13-5-6-20(35-11-21(32)33)17(9-13)22-23-19(30-12-36-23)7-8-31(22)24(34)16-10-15(16)14-3-1-2-4-18(14)25(27,28)29/h1-6,9,12,15-16,22H,7-8,10-11H2,(H,32,33). The summed E-state index contributed by atoms with van der Waals surface area (Å²) >= 11 is 7.63. The molecule has 2 aromatic carbocycles. The molecule has 1 fully saturated rings. The van der Waals surface area contributed by atoms with Gasteiger partial charge in [-0.05, 0) is 42.2 Å². The number of ether oxygens (including phenoxy) is 1. The van der Waals surface area contributed by atoms with Gasteiger partial charge in [0.2, 0.25) is 5.91 Å². The van der Waals surface area contributed by atoms with Crippen LogP contribution in [0, 0.1) is 5.92 Å². The Labute approximate surface area is 213 Å². The van der Waals surface area contributed by atoms with Crippen LogP contribution in [-0.2, 0) is 22.2 Å². The number of nitrogens with zero attached hydrogens (tertiary/aromatic N) is 2. The molecule has 1 N–H and O–H groups in total. The first kappa shape index (κ1) is 24.6. The molecule has 2 heterocycles. The average Bonchev–Trinajstić information content (AvgIpc) is 3.49. The topological polar surface area (TPSA) is 79.7 Å². The van der Waals surface area contributed by atoms with E-state index in [4.69, 9.17) is 21.4 Å². The van der Waals surface area contributed by atoms with Crippen LogP contribution in [0.2, 0.25) is 5.02 Å². The lowest BCUT2D eigenvalue weighted by Crippen LogP contribution is -2.41. The zero-order chi connectivity index (χ0) is 25.6. The van der Waals surface area contributed by atoms with Gasteiger partial charge >= 0.3 is 12.1 Å². The molecular weight excluding hydrogens is 517 g/mol. The molecule has 36 heavy (non-hydrogen) atoms. The van der Waals surface area contributed by atoms with Crippen molar-refractivity contribution in [3.63, 3.8) is 0 Å². The SMILES string of the molecule is O=C(O)COc1ccc(Cl)cc1C1c2scnc2CCN1C(=O)C1CC1c1ccccc1C(F)(F)F. The molecule has 3 aromatic rings. The first-order valence-corrected chi connectivity index (χ1v) is 12.4. The number of rotatable bonds is 6. The lowest BCUT2D eigenvalue weighted by Gasteiger charge is -2.36. The number of aliphatic carboxylic acids is 1. The molecule has 1 aliphatic carbocycles. The fourth-order valence-corrected chi connectivity index (χ4v) is 5.99. The minimum atomic E-state index is -4.50. The molecule has 5 rings (SSSR count). The molecule has 3 unspecified atom stereocenters. The summed E-state index contributed by atoms with van der Waals surface area (Å²) < 4.78 is 46.2. The van der Waals surface area contributed by atoms with Crippen LogP contribution in [0.3, 0.4) is 0 Å². The first-order valence-electron chi connectivity index (χ1n) is 11.2. The molecule has 0 spiro atoms. The van der Waals surface area contributed by atoms with Gasteiger partial charge in [0.1, 0.15) is 5.75 Å². The van der Waals surface area contributed by atoms with Crippen LogP contribution in [0.5, 0.6) is 5.75 Å². The van der Waals surface area contributed by atoms with Crippen molar-refractivity contribution in [3.05, 3.63) is 80.3 Å². The fraction of sp³-hybridized carbons (Fsp3) is 0.320. The normalized spacial score (nSPS) is 21.1. The van der Waals surface area contributed by atoms with E-state index in [2.05, 4.69) is 4.98 Å². The summed E-state index contributed by atoms with van der Waals surface area (Å²) in [4.78, 5) is 31.7. The molecule has 1 aliphatic heterocycles. The van der Waals surface area contributed by atoms with Crippen LogP contribution in [0.1, 0.15) is 45.6 Å². The van der Waals surface area contributed by atoms with Crippen LogP contribution < -0.4 is 4.74 Å². The third kappa shape index (κ3) is 4.67. The second kappa shape index (κ2) is 9.40. The van der Waals surface area contributed by atoms with Gasteiger partial charge in [0, 0.05) is 29.5 Å². The number of amides is 1. The molecule has 0 saturated heterocycles. The van der Waals surface area contributed by atoms with E-state index in [-0.39, 0.29) is 17.2 Å². The minimum Gasteiger partial charge on any atom is -0.482 e. The molecule has 0 bridgehead atoms. The number of carboxylic acids is 1. The number of benzene rings is 2. The molecule has 6 nitrogen and oxygen atoms in total. The Morgan fingerprint density at radius 3 is 2.72 bits per heavy atom. The summed E-state index contributed by atoms with van der Waals surface area (Å²) in [7, 11) is 0. The predicted molar refractivity (Wildman–Crippen MR) is 126 cm³/mol. The molecule has 188 valence electrons. The number of fused-ring (bicyclic) bond motifs is 1. The molecule has 11 heteroatoms. The van der Waals surface area contributed by atoms with Crippen LogP contribution >= 0.6 is 22.9 Å². The van der Waals surface area contributed by atoms with Crippen molar-refractivity contribution < 1.29 is 32.6 Å². The van der Waals surface area contributed by atoms with Crippen molar-refractivity contribution in [1.82, 2.24) is 9.88 Å². The predicted octanol–water partition coefficient (Wildman–Crippen LogP) is 5.56. The van der Waals surface area contributed by atoms with Crippen LogP contribution in [0.25, 0.3) is 0 Å². The largest absolute Gasteiger partial charge is 0.482 e.